The number of methoxy groups -OCH3 is 2. The van der Waals surface area contributed by atoms with Gasteiger partial charge in [0.15, 0.2) is 0 Å². The first-order valence-electron chi connectivity index (χ1n) is 7.58. The van der Waals surface area contributed by atoms with Gasteiger partial charge < -0.3 is 14.4 Å². The molecule has 0 amide bonds. The first kappa shape index (κ1) is 18.0. The number of hydrogen-bond donors (Lipinski definition) is 0. The molecule has 0 fully saturated rings. The molecule has 1 aliphatic rings. The highest BCUT2D eigenvalue weighted by Crippen LogP contribution is 2.27. The number of benzene rings is 1. The number of anilines is 1. The quantitative estimate of drug-likeness (QED) is 0.786. The largest absolute Gasteiger partial charge is 0.465 e. The summed E-state index contributed by atoms with van der Waals surface area (Å²) in [5.74, 6) is -1.54. The molecule has 0 aromatic heterocycles. The van der Waals surface area contributed by atoms with Gasteiger partial charge in [0.25, 0.3) is 0 Å². The fraction of sp³-hybridized carbons (Fsp3) is 0.211. The number of hydrogen-bond acceptors (Lipinski definition) is 6. The van der Waals surface area contributed by atoms with Crippen LogP contribution in [0.5, 0.6) is 0 Å². The van der Waals surface area contributed by atoms with Gasteiger partial charge in [-0.2, -0.15) is 5.26 Å². The molecule has 25 heavy (non-hydrogen) atoms. The first-order chi connectivity index (χ1) is 12.0. The second-order valence-electron chi connectivity index (χ2n) is 5.26. The summed E-state index contributed by atoms with van der Waals surface area (Å²) < 4.78 is 9.62. The smallest absolute Gasteiger partial charge is 0.355 e. The van der Waals surface area contributed by atoms with Crippen molar-refractivity contribution in [3.05, 3.63) is 65.5 Å². The molecule has 1 aliphatic heterocycles. The minimum absolute atomic E-state index is 0.0560. The molecule has 1 aromatic carbocycles. The number of allylic oxidation sites excluding steroid dienone is 2. The molecule has 0 spiro atoms. The summed E-state index contributed by atoms with van der Waals surface area (Å²) in [6.07, 6.45) is 6.49. The van der Waals surface area contributed by atoms with Gasteiger partial charge in [-0.15, -0.1) is 0 Å². The lowest BCUT2D eigenvalue weighted by atomic mass is 10.0. The van der Waals surface area contributed by atoms with Crippen molar-refractivity contribution in [2.45, 2.75) is 12.8 Å². The monoisotopic (exact) mass is 338 g/mol. The van der Waals surface area contributed by atoms with E-state index in [0.717, 1.165) is 5.56 Å². The maximum absolute atomic E-state index is 12.3. The summed E-state index contributed by atoms with van der Waals surface area (Å²) >= 11 is 0. The molecule has 6 heteroatoms. The highest BCUT2D eigenvalue weighted by molar-refractivity contribution is 6.05. The summed E-state index contributed by atoms with van der Waals surface area (Å²) in [5, 5.41) is 9.01. The molecule has 0 N–H and O–H groups in total. The van der Waals surface area contributed by atoms with Crippen molar-refractivity contribution >= 4 is 17.6 Å². The summed E-state index contributed by atoms with van der Waals surface area (Å²) in [4.78, 5) is 25.9. The first-order valence-corrected chi connectivity index (χ1v) is 7.58. The number of rotatable bonds is 4. The molecule has 6 nitrogen and oxygen atoms in total. The van der Waals surface area contributed by atoms with E-state index in [1.807, 2.05) is 12.1 Å². The van der Waals surface area contributed by atoms with Gasteiger partial charge in [0.1, 0.15) is 5.70 Å². The highest BCUT2D eigenvalue weighted by Gasteiger charge is 2.27. The summed E-state index contributed by atoms with van der Waals surface area (Å²) in [6.45, 7) is 1.81. The predicted molar refractivity (Wildman–Crippen MR) is 92.3 cm³/mol. The van der Waals surface area contributed by atoms with E-state index in [0.29, 0.717) is 5.69 Å². The number of esters is 2. The van der Waals surface area contributed by atoms with Crippen LogP contribution in [0.2, 0.25) is 0 Å². The number of carbonyl (C=O) groups excluding carboxylic acids is 2. The Kier molecular flexibility index (Phi) is 5.75. The average molecular weight is 338 g/mol. The topological polar surface area (TPSA) is 79.6 Å². The third-order valence-corrected chi connectivity index (χ3v) is 3.75. The van der Waals surface area contributed by atoms with E-state index < -0.39 is 11.9 Å². The van der Waals surface area contributed by atoms with Crippen LogP contribution < -0.4 is 4.90 Å². The Morgan fingerprint density at radius 3 is 2.28 bits per heavy atom. The third-order valence-electron chi connectivity index (χ3n) is 3.75. The molecule has 1 heterocycles. The van der Waals surface area contributed by atoms with Gasteiger partial charge in [0.2, 0.25) is 0 Å². The lowest BCUT2D eigenvalue weighted by Gasteiger charge is -2.23. The van der Waals surface area contributed by atoms with E-state index in [9.17, 15) is 9.59 Å². The van der Waals surface area contributed by atoms with Gasteiger partial charge in [0.05, 0.1) is 31.8 Å². The minimum atomic E-state index is -0.661. The van der Waals surface area contributed by atoms with Crippen LogP contribution in [0.4, 0.5) is 5.69 Å². The van der Waals surface area contributed by atoms with Crippen LogP contribution in [0.25, 0.3) is 0 Å². The van der Waals surface area contributed by atoms with Gasteiger partial charge in [-0.05, 0) is 36.8 Å². The lowest BCUT2D eigenvalue weighted by molar-refractivity contribution is -0.139. The van der Waals surface area contributed by atoms with Crippen LogP contribution in [0.3, 0.4) is 0 Å². The van der Waals surface area contributed by atoms with Crippen molar-refractivity contribution in [3.8, 4) is 6.07 Å². The Morgan fingerprint density at radius 1 is 1.08 bits per heavy atom. The number of nitrogens with zero attached hydrogens (tertiary/aromatic N) is 2. The molecular formula is C19H18N2O4. The van der Waals surface area contributed by atoms with Crippen LogP contribution in [0.1, 0.15) is 18.4 Å². The zero-order valence-corrected chi connectivity index (χ0v) is 14.2. The van der Waals surface area contributed by atoms with Gasteiger partial charge in [-0.3, -0.25) is 0 Å². The van der Waals surface area contributed by atoms with Crippen molar-refractivity contribution in [2.24, 2.45) is 0 Å². The number of nitriles is 1. The molecular weight excluding hydrogens is 320 g/mol. The molecule has 0 bridgehead atoms. The molecule has 128 valence electrons. The number of carbonyl (C=O) groups is 2. The van der Waals surface area contributed by atoms with E-state index in [1.54, 1.807) is 42.3 Å². The van der Waals surface area contributed by atoms with E-state index in [2.05, 4.69) is 6.07 Å². The maximum Gasteiger partial charge on any atom is 0.355 e. The Morgan fingerprint density at radius 2 is 1.72 bits per heavy atom. The SMILES string of the molecule is COC(=O)C1=C(C(=O)OC)N(c2ccc(C(C)C#N)cc2)C=CC=C1. The van der Waals surface area contributed by atoms with Gasteiger partial charge in [-0.25, -0.2) is 9.59 Å². The Hall–Kier alpha value is -3.33. The molecule has 0 saturated carbocycles. The van der Waals surface area contributed by atoms with Crippen molar-refractivity contribution in [1.29, 1.82) is 5.26 Å². The van der Waals surface area contributed by atoms with E-state index in [4.69, 9.17) is 14.7 Å². The molecule has 0 saturated heterocycles. The van der Waals surface area contributed by atoms with E-state index in [1.165, 1.54) is 20.3 Å². The van der Waals surface area contributed by atoms with Crippen molar-refractivity contribution < 1.29 is 19.1 Å². The van der Waals surface area contributed by atoms with Gasteiger partial charge >= 0.3 is 11.9 Å². The molecule has 0 aliphatic carbocycles. The van der Waals surface area contributed by atoms with Crippen LogP contribution in [-0.4, -0.2) is 26.2 Å². The fourth-order valence-electron chi connectivity index (χ4n) is 2.36. The van der Waals surface area contributed by atoms with Crippen molar-refractivity contribution in [1.82, 2.24) is 0 Å². The summed E-state index contributed by atoms with van der Waals surface area (Å²) in [5.41, 5.74) is 1.66. The third kappa shape index (κ3) is 3.78. The molecule has 0 radical (unpaired) electrons. The fourth-order valence-corrected chi connectivity index (χ4v) is 2.36. The highest BCUT2D eigenvalue weighted by atomic mass is 16.5. The Labute approximate surface area is 146 Å². The number of ether oxygens (including phenoxy) is 2. The Balaban J connectivity index is 2.55. The van der Waals surface area contributed by atoms with Crippen LogP contribution >= 0.6 is 0 Å². The Bertz CT molecular complexity index is 798. The van der Waals surface area contributed by atoms with Crippen LogP contribution in [0.15, 0.2) is 60.0 Å². The zero-order valence-electron chi connectivity index (χ0n) is 14.2. The van der Waals surface area contributed by atoms with Gasteiger partial charge in [-0.1, -0.05) is 18.2 Å². The standard InChI is InChI=1S/C19H18N2O4/c1-13(12-20)14-7-9-15(10-8-14)21-11-5-4-6-16(18(22)24-2)17(21)19(23)25-3/h4-11,13H,1-3H3. The van der Waals surface area contributed by atoms with Gasteiger partial charge in [0, 0.05) is 11.9 Å². The molecule has 1 atom stereocenters. The average Bonchev–Trinajstić information content (AvgIpc) is 2.89. The second kappa shape index (κ2) is 7.97. The van der Waals surface area contributed by atoms with Crippen molar-refractivity contribution in [2.75, 3.05) is 19.1 Å². The molecule has 2 rings (SSSR count). The zero-order chi connectivity index (χ0) is 18.4. The van der Waals surface area contributed by atoms with Crippen LogP contribution in [0, 0.1) is 11.3 Å². The maximum atomic E-state index is 12.3. The van der Waals surface area contributed by atoms with E-state index in [-0.39, 0.29) is 17.2 Å². The molecule has 1 aromatic rings. The summed E-state index contributed by atoms with van der Waals surface area (Å²) in [7, 11) is 2.50. The minimum Gasteiger partial charge on any atom is -0.465 e. The second-order valence-corrected chi connectivity index (χ2v) is 5.26. The van der Waals surface area contributed by atoms with Crippen molar-refractivity contribution in [3.63, 3.8) is 0 Å². The normalized spacial score (nSPS) is 14.6. The molecule has 1 unspecified atom stereocenters. The van der Waals surface area contributed by atoms with Crippen LogP contribution in [-0.2, 0) is 19.1 Å². The summed E-state index contributed by atoms with van der Waals surface area (Å²) in [6, 6.07) is 9.34. The lowest BCUT2D eigenvalue weighted by Crippen LogP contribution is -2.26. The predicted octanol–water partition coefficient (Wildman–Crippen LogP) is 2.80. The van der Waals surface area contributed by atoms with E-state index >= 15 is 0 Å².